The fourth-order valence-corrected chi connectivity index (χ4v) is 3.26. The molecule has 1 fully saturated rings. The minimum Gasteiger partial charge on any atom is -0.428 e. The molecule has 3 amide bonds. The molecular formula is C21H20Cl2N2O5. The molecule has 3 rings (SSSR count). The van der Waals surface area contributed by atoms with E-state index in [0.29, 0.717) is 16.3 Å². The SMILES string of the molecule is CN1C(=O)N(c2ccc(Cl)c(Cl)c2)C(=O)C1c1ccc(OC(=O)OC(C)(C)C)cc1. The van der Waals surface area contributed by atoms with Crippen LogP contribution in [0.4, 0.5) is 15.3 Å². The number of urea groups is 1. The molecule has 1 heterocycles. The Labute approximate surface area is 184 Å². The second-order valence-electron chi connectivity index (χ2n) is 7.70. The number of imide groups is 1. The van der Waals surface area contributed by atoms with Crippen LogP contribution < -0.4 is 9.64 Å². The van der Waals surface area contributed by atoms with E-state index in [-0.39, 0.29) is 10.8 Å². The lowest BCUT2D eigenvalue weighted by Crippen LogP contribution is -2.31. The number of hydrogen-bond donors (Lipinski definition) is 0. The van der Waals surface area contributed by atoms with E-state index >= 15 is 0 Å². The predicted octanol–water partition coefficient (Wildman–Crippen LogP) is 5.45. The van der Waals surface area contributed by atoms with Crippen LogP contribution in [0.3, 0.4) is 0 Å². The Morgan fingerprint density at radius 3 is 2.20 bits per heavy atom. The zero-order chi connectivity index (χ0) is 22.2. The number of ether oxygens (including phenoxy) is 2. The number of amides is 3. The third-order valence-corrected chi connectivity index (χ3v) is 5.02. The molecule has 0 aliphatic carbocycles. The van der Waals surface area contributed by atoms with E-state index in [9.17, 15) is 14.4 Å². The van der Waals surface area contributed by atoms with Crippen molar-refractivity contribution in [1.29, 1.82) is 0 Å². The standard InChI is InChI=1S/C21H20Cl2N2O5/c1-21(2,3)30-20(28)29-14-8-5-12(6-9-14)17-18(26)25(19(27)24(17)4)13-7-10-15(22)16(23)11-13/h5-11,17H,1-4H3. The number of halogens is 2. The van der Waals surface area contributed by atoms with Crippen molar-refractivity contribution in [3.05, 3.63) is 58.1 Å². The van der Waals surface area contributed by atoms with Crippen LogP contribution in [0.15, 0.2) is 42.5 Å². The number of nitrogens with zero attached hydrogens (tertiary/aromatic N) is 2. The number of hydrogen-bond acceptors (Lipinski definition) is 5. The topological polar surface area (TPSA) is 76.2 Å². The Hall–Kier alpha value is -2.77. The van der Waals surface area contributed by atoms with Crippen molar-refractivity contribution in [3.8, 4) is 5.75 Å². The quantitative estimate of drug-likeness (QED) is 0.353. The summed E-state index contributed by atoms with van der Waals surface area (Å²) in [4.78, 5) is 39.9. The highest BCUT2D eigenvalue weighted by molar-refractivity contribution is 6.42. The van der Waals surface area contributed by atoms with Gasteiger partial charge in [0.1, 0.15) is 17.4 Å². The van der Waals surface area contributed by atoms with Crippen LogP contribution in [0, 0.1) is 0 Å². The molecule has 2 aromatic carbocycles. The van der Waals surface area contributed by atoms with Gasteiger partial charge < -0.3 is 14.4 Å². The summed E-state index contributed by atoms with van der Waals surface area (Å²) in [7, 11) is 1.54. The Balaban J connectivity index is 1.80. The van der Waals surface area contributed by atoms with Crippen LogP contribution in [0.5, 0.6) is 5.75 Å². The van der Waals surface area contributed by atoms with Gasteiger partial charge in [-0.25, -0.2) is 14.5 Å². The van der Waals surface area contributed by atoms with Gasteiger partial charge in [0, 0.05) is 7.05 Å². The van der Waals surface area contributed by atoms with Crippen LogP contribution in [0.2, 0.25) is 10.0 Å². The molecule has 9 heteroatoms. The van der Waals surface area contributed by atoms with Gasteiger partial charge in [0.2, 0.25) is 0 Å². The first-order chi connectivity index (χ1) is 14.0. The van der Waals surface area contributed by atoms with Gasteiger partial charge in [0.05, 0.1) is 15.7 Å². The maximum Gasteiger partial charge on any atom is 0.514 e. The van der Waals surface area contributed by atoms with E-state index in [2.05, 4.69) is 0 Å². The molecule has 0 bridgehead atoms. The van der Waals surface area contributed by atoms with Crippen molar-refractivity contribution in [3.63, 3.8) is 0 Å². The second kappa shape index (κ2) is 8.16. The fourth-order valence-electron chi connectivity index (χ4n) is 2.96. The van der Waals surface area contributed by atoms with Gasteiger partial charge >= 0.3 is 12.2 Å². The van der Waals surface area contributed by atoms with Gasteiger partial charge in [0.25, 0.3) is 5.91 Å². The van der Waals surface area contributed by atoms with E-state index in [1.807, 2.05) is 0 Å². The number of rotatable bonds is 3. The molecule has 0 N–H and O–H groups in total. The summed E-state index contributed by atoms with van der Waals surface area (Å²) < 4.78 is 10.2. The third kappa shape index (κ3) is 4.52. The lowest BCUT2D eigenvalue weighted by atomic mass is 10.1. The number of likely N-dealkylation sites (N-methyl/N-ethyl adjacent to an activating group) is 1. The van der Waals surface area contributed by atoms with E-state index in [1.165, 1.54) is 36.2 Å². The first-order valence-corrected chi connectivity index (χ1v) is 9.80. The Morgan fingerprint density at radius 1 is 1.00 bits per heavy atom. The fraction of sp³-hybridized carbons (Fsp3) is 0.286. The van der Waals surface area contributed by atoms with Crippen molar-refractivity contribution in [2.24, 2.45) is 0 Å². The van der Waals surface area contributed by atoms with Crippen LogP contribution in [0.25, 0.3) is 0 Å². The molecule has 1 aliphatic heterocycles. The molecule has 1 aliphatic rings. The zero-order valence-corrected chi connectivity index (χ0v) is 18.3. The summed E-state index contributed by atoms with van der Waals surface area (Å²) in [5.74, 6) is -0.171. The molecule has 0 radical (unpaired) electrons. The van der Waals surface area contributed by atoms with Gasteiger partial charge in [-0.3, -0.25) is 4.79 Å². The molecule has 0 saturated carbocycles. The van der Waals surface area contributed by atoms with Crippen molar-refractivity contribution >= 4 is 47.0 Å². The zero-order valence-electron chi connectivity index (χ0n) is 16.8. The molecule has 1 unspecified atom stereocenters. The summed E-state index contributed by atoms with van der Waals surface area (Å²) >= 11 is 12.0. The minimum absolute atomic E-state index is 0.240. The Morgan fingerprint density at radius 2 is 1.63 bits per heavy atom. The molecule has 0 spiro atoms. The van der Waals surface area contributed by atoms with Gasteiger partial charge in [-0.05, 0) is 56.7 Å². The average molecular weight is 451 g/mol. The summed E-state index contributed by atoms with van der Waals surface area (Å²) in [5, 5.41) is 0.564. The van der Waals surface area contributed by atoms with Gasteiger partial charge in [-0.2, -0.15) is 0 Å². The van der Waals surface area contributed by atoms with E-state index in [1.54, 1.807) is 39.0 Å². The first kappa shape index (κ1) is 21.9. The molecule has 30 heavy (non-hydrogen) atoms. The van der Waals surface area contributed by atoms with Crippen molar-refractivity contribution < 1.29 is 23.9 Å². The highest BCUT2D eigenvalue weighted by atomic mass is 35.5. The normalized spacial score (nSPS) is 16.8. The number of benzene rings is 2. The molecule has 2 aromatic rings. The molecule has 1 saturated heterocycles. The summed E-state index contributed by atoms with van der Waals surface area (Å²) in [6.07, 6.45) is -0.828. The third-order valence-electron chi connectivity index (χ3n) is 4.28. The molecule has 7 nitrogen and oxygen atoms in total. The maximum absolute atomic E-state index is 13.0. The van der Waals surface area contributed by atoms with Crippen molar-refractivity contribution in [2.45, 2.75) is 32.4 Å². The minimum atomic E-state index is -0.831. The molecule has 158 valence electrons. The second-order valence-corrected chi connectivity index (χ2v) is 8.52. The summed E-state index contributed by atoms with van der Waals surface area (Å²) in [6, 6.07) is 9.52. The monoisotopic (exact) mass is 450 g/mol. The van der Waals surface area contributed by atoms with E-state index in [0.717, 1.165) is 4.90 Å². The lowest BCUT2D eigenvalue weighted by Gasteiger charge is -2.19. The largest absolute Gasteiger partial charge is 0.514 e. The predicted molar refractivity (Wildman–Crippen MR) is 113 cm³/mol. The summed E-state index contributed by atoms with van der Waals surface area (Å²) in [6.45, 7) is 5.20. The van der Waals surface area contributed by atoms with E-state index in [4.69, 9.17) is 32.7 Å². The van der Waals surface area contributed by atoms with Crippen LogP contribution >= 0.6 is 23.2 Å². The van der Waals surface area contributed by atoms with Crippen LogP contribution in [0.1, 0.15) is 32.4 Å². The van der Waals surface area contributed by atoms with E-state index < -0.39 is 29.7 Å². The van der Waals surface area contributed by atoms with Gasteiger partial charge in [0.15, 0.2) is 0 Å². The number of carbonyl (C=O) groups is 3. The van der Waals surface area contributed by atoms with Crippen LogP contribution in [-0.4, -0.2) is 35.6 Å². The molecule has 1 atom stereocenters. The summed E-state index contributed by atoms with van der Waals surface area (Å²) in [5.41, 5.74) is 0.221. The molecule has 0 aromatic heterocycles. The van der Waals surface area contributed by atoms with Gasteiger partial charge in [-0.1, -0.05) is 35.3 Å². The number of carbonyl (C=O) groups excluding carboxylic acids is 3. The average Bonchev–Trinajstić information content (AvgIpc) is 2.86. The lowest BCUT2D eigenvalue weighted by molar-refractivity contribution is -0.119. The van der Waals surface area contributed by atoms with Crippen LogP contribution in [-0.2, 0) is 9.53 Å². The highest BCUT2D eigenvalue weighted by Crippen LogP contribution is 2.36. The Kier molecular flexibility index (Phi) is 5.97. The molecular weight excluding hydrogens is 431 g/mol. The first-order valence-electron chi connectivity index (χ1n) is 9.04. The van der Waals surface area contributed by atoms with Crippen molar-refractivity contribution in [2.75, 3.05) is 11.9 Å². The van der Waals surface area contributed by atoms with Gasteiger partial charge in [-0.15, -0.1) is 0 Å². The maximum atomic E-state index is 13.0. The Bertz CT molecular complexity index is 1000. The number of anilines is 1. The smallest absolute Gasteiger partial charge is 0.428 e. The van der Waals surface area contributed by atoms with Crippen molar-refractivity contribution in [1.82, 2.24) is 4.90 Å². The highest BCUT2D eigenvalue weighted by Gasteiger charge is 2.44.